The molecule has 16 heavy (non-hydrogen) atoms. The van der Waals surface area contributed by atoms with Crippen LogP contribution in [0.5, 0.6) is 5.75 Å². The number of nitro benzene ring substituents is 1. The highest BCUT2D eigenvalue weighted by atomic mass is 16.6. The Bertz CT molecular complexity index is 404. The average Bonchev–Trinajstić information content (AvgIpc) is 2.16. The Balaban J connectivity index is 2.70. The van der Waals surface area contributed by atoms with Crippen LogP contribution in [0.4, 0.5) is 5.69 Å². The molecule has 0 saturated carbocycles. The number of ether oxygens (including phenoxy) is 1. The minimum Gasteiger partial charge on any atom is -0.425 e. The van der Waals surface area contributed by atoms with Crippen molar-refractivity contribution in [3.05, 3.63) is 34.4 Å². The minimum atomic E-state index is -0.538. The van der Waals surface area contributed by atoms with Crippen LogP contribution in [0.2, 0.25) is 0 Å². The highest BCUT2D eigenvalue weighted by Crippen LogP contribution is 2.19. The van der Waals surface area contributed by atoms with Crippen molar-refractivity contribution < 1.29 is 14.5 Å². The zero-order valence-corrected chi connectivity index (χ0v) is 9.04. The molecule has 0 saturated heterocycles. The zero-order chi connectivity index (χ0) is 12.1. The second kappa shape index (κ2) is 5.22. The lowest BCUT2D eigenvalue weighted by molar-refractivity contribution is -0.384. The van der Waals surface area contributed by atoms with Crippen LogP contribution in [0.3, 0.4) is 0 Å². The highest BCUT2D eigenvalue weighted by Gasteiger charge is 2.10. The molecule has 6 heteroatoms. The number of hydrogen-bond acceptors (Lipinski definition) is 5. The summed E-state index contributed by atoms with van der Waals surface area (Å²) < 4.78 is 4.93. The molecule has 0 atom stereocenters. The molecule has 0 bridgehead atoms. The topological polar surface area (TPSA) is 72.7 Å². The molecule has 0 radical (unpaired) electrons. The van der Waals surface area contributed by atoms with Crippen molar-refractivity contribution in [3.63, 3.8) is 0 Å². The first-order chi connectivity index (χ1) is 7.49. The van der Waals surface area contributed by atoms with E-state index in [2.05, 4.69) is 0 Å². The van der Waals surface area contributed by atoms with E-state index in [9.17, 15) is 14.9 Å². The number of likely N-dealkylation sites (N-methyl/N-ethyl adjacent to an activating group) is 1. The Morgan fingerprint density at radius 1 is 1.50 bits per heavy atom. The first-order valence-corrected chi connectivity index (χ1v) is 4.59. The summed E-state index contributed by atoms with van der Waals surface area (Å²) in [5.74, 6) is -0.272. The minimum absolute atomic E-state index is 0.102. The van der Waals surface area contributed by atoms with Gasteiger partial charge in [0.05, 0.1) is 17.5 Å². The van der Waals surface area contributed by atoms with E-state index < -0.39 is 10.9 Å². The summed E-state index contributed by atoms with van der Waals surface area (Å²) in [6, 6.07) is 5.52. The number of nitrogens with zero attached hydrogens (tertiary/aromatic N) is 2. The Labute approximate surface area is 92.6 Å². The standard InChI is InChI=1S/C10H12N2O4/c1-11(2)7-10(13)16-9-5-3-4-8(6-9)12(14)15/h3-6H,7H2,1-2H3. The van der Waals surface area contributed by atoms with Crippen molar-refractivity contribution in [2.75, 3.05) is 20.6 Å². The normalized spacial score (nSPS) is 10.2. The van der Waals surface area contributed by atoms with Crippen LogP contribution in [0.1, 0.15) is 0 Å². The van der Waals surface area contributed by atoms with Gasteiger partial charge in [-0.2, -0.15) is 0 Å². The smallest absolute Gasteiger partial charge is 0.325 e. The van der Waals surface area contributed by atoms with Crippen LogP contribution < -0.4 is 4.74 Å². The first kappa shape index (κ1) is 12.1. The second-order valence-electron chi connectivity index (χ2n) is 3.47. The summed E-state index contributed by atoms with van der Waals surface area (Å²) in [4.78, 5) is 22.9. The average molecular weight is 224 g/mol. The summed E-state index contributed by atoms with van der Waals surface area (Å²) >= 11 is 0. The van der Waals surface area contributed by atoms with Crippen LogP contribution in [0.25, 0.3) is 0 Å². The number of esters is 1. The molecule has 1 rings (SSSR count). The third-order valence-electron chi connectivity index (χ3n) is 1.71. The number of hydrogen-bond donors (Lipinski definition) is 0. The maximum Gasteiger partial charge on any atom is 0.325 e. The third-order valence-corrected chi connectivity index (χ3v) is 1.71. The van der Waals surface area contributed by atoms with Crippen molar-refractivity contribution in [3.8, 4) is 5.75 Å². The van der Waals surface area contributed by atoms with Crippen LogP contribution in [-0.2, 0) is 4.79 Å². The van der Waals surface area contributed by atoms with E-state index in [0.29, 0.717) is 0 Å². The molecule has 0 aliphatic heterocycles. The SMILES string of the molecule is CN(C)CC(=O)Oc1cccc([N+](=O)[O-])c1. The van der Waals surface area contributed by atoms with Gasteiger partial charge in [-0.05, 0) is 20.2 Å². The number of nitro groups is 1. The quantitative estimate of drug-likeness (QED) is 0.331. The summed E-state index contributed by atoms with van der Waals surface area (Å²) in [5.41, 5.74) is -0.102. The van der Waals surface area contributed by atoms with E-state index in [0.717, 1.165) is 0 Å². The molecule has 1 aromatic carbocycles. The lowest BCUT2D eigenvalue weighted by Gasteiger charge is -2.08. The van der Waals surface area contributed by atoms with Gasteiger partial charge in [0, 0.05) is 6.07 Å². The molecule has 86 valence electrons. The molecule has 0 fully saturated rings. The molecule has 0 unspecified atom stereocenters. The van der Waals surface area contributed by atoms with Crippen LogP contribution in [0.15, 0.2) is 24.3 Å². The first-order valence-electron chi connectivity index (χ1n) is 4.59. The predicted molar refractivity (Wildman–Crippen MR) is 57.3 cm³/mol. The van der Waals surface area contributed by atoms with E-state index in [1.807, 2.05) is 0 Å². The lowest BCUT2D eigenvalue weighted by Crippen LogP contribution is -2.25. The summed E-state index contributed by atoms with van der Waals surface area (Å²) in [5, 5.41) is 10.5. The lowest BCUT2D eigenvalue weighted by atomic mass is 10.3. The Morgan fingerprint density at radius 2 is 2.19 bits per heavy atom. The Hall–Kier alpha value is -1.95. The van der Waals surface area contributed by atoms with E-state index in [4.69, 9.17) is 4.74 Å². The van der Waals surface area contributed by atoms with Crippen molar-refractivity contribution >= 4 is 11.7 Å². The van der Waals surface area contributed by atoms with Gasteiger partial charge in [-0.25, -0.2) is 0 Å². The zero-order valence-electron chi connectivity index (χ0n) is 9.04. The molecule has 0 aliphatic rings. The van der Waals surface area contributed by atoms with Gasteiger partial charge in [0.25, 0.3) is 5.69 Å². The van der Waals surface area contributed by atoms with Gasteiger partial charge in [0.15, 0.2) is 0 Å². The van der Waals surface area contributed by atoms with E-state index >= 15 is 0 Å². The van der Waals surface area contributed by atoms with Crippen LogP contribution in [-0.4, -0.2) is 36.4 Å². The molecule has 0 heterocycles. The van der Waals surface area contributed by atoms with E-state index in [1.165, 1.54) is 24.3 Å². The molecular weight excluding hydrogens is 212 g/mol. The van der Waals surface area contributed by atoms with Crippen molar-refractivity contribution in [2.24, 2.45) is 0 Å². The van der Waals surface area contributed by atoms with Gasteiger partial charge in [-0.15, -0.1) is 0 Å². The Kier molecular flexibility index (Phi) is 3.96. The fraction of sp³-hybridized carbons (Fsp3) is 0.300. The van der Waals surface area contributed by atoms with Gasteiger partial charge in [-0.1, -0.05) is 6.07 Å². The fourth-order valence-corrected chi connectivity index (χ4v) is 1.08. The molecule has 0 N–H and O–H groups in total. The van der Waals surface area contributed by atoms with E-state index in [-0.39, 0.29) is 18.0 Å². The van der Waals surface area contributed by atoms with Gasteiger partial charge >= 0.3 is 5.97 Å². The number of carbonyl (C=O) groups excluding carboxylic acids is 1. The van der Waals surface area contributed by atoms with Crippen LogP contribution in [0, 0.1) is 10.1 Å². The molecule has 0 amide bonds. The van der Waals surface area contributed by atoms with Gasteiger partial charge < -0.3 is 4.74 Å². The number of benzene rings is 1. The highest BCUT2D eigenvalue weighted by molar-refractivity contribution is 5.74. The Morgan fingerprint density at radius 3 is 2.75 bits per heavy atom. The molecule has 0 aromatic heterocycles. The fourth-order valence-electron chi connectivity index (χ4n) is 1.08. The summed E-state index contributed by atoms with van der Waals surface area (Å²) in [6.45, 7) is 0.128. The second-order valence-corrected chi connectivity index (χ2v) is 3.47. The molecule has 6 nitrogen and oxygen atoms in total. The summed E-state index contributed by atoms with van der Waals surface area (Å²) in [7, 11) is 3.46. The van der Waals surface area contributed by atoms with Crippen molar-refractivity contribution in [1.29, 1.82) is 0 Å². The van der Waals surface area contributed by atoms with Crippen LogP contribution >= 0.6 is 0 Å². The number of carbonyl (C=O) groups is 1. The molecule has 0 spiro atoms. The third kappa shape index (κ3) is 3.66. The van der Waals surface area contributed by atoms with Crippen molar-refractivity contribution in [1.82, 2.24) is 4.90 Å². The predicted octanol–water partition coefficient (Wildman–Crippen LogP) is 1.06. The van der Waals surface area contributed by atoms with Gasteiger partial charge in [-0.3, -0.25) is 19.8 Å². The number of rotatable bonds is 4. The monoisotopic (exact) mass is 224 g/mol. The van der Waals surface area contributed by atoms with E-state index in [1.54, 1.807) is 19.0 Å². The van der Waals surface area contributed by atoms with Crippen molar-refractivity contribution in [2.45, 2.75) is 0 Å². The molecular formula is C10H12N2O4. The van der Waals surface area contributed by atoms with Gasteiger partial charge in [0.1, 0.15) is 5.75 Å². The molecule has 1 aromatic rings. The molecule has 0 aliphatic carbocycles. The van der Waals surface area contributed by atoms with Gasteiger partial charge in [0.2, 0.25) is 0 Å². The summed E-state index contributed by atoms with van der Waals surface area (Å²) in [6.07, 6.45) is 0. The number of non-ortho nitro benzene ring substituents is 1. The largest absolute Gasteiger partial charge is 0.425 e. The maximum absolute atomic E-state index is 11.3. The maximum atomic E-state index is 11.3.